The average Bonchev–Trinajstić information content (AvgIpc) is 3.43. The minimum atomic E-state index is -0.235. The van der Waals surface area contributed by atoms with Crippen molar-refractivity contribution in [2.75, 3.05) is 17.6 Å². The summed E-state index contributed by atoms with van der Waals surface area (Å²) in [4.78, 5) is 34.7. The number of aromatic nitrogens is 4. The number of benzene rings is 1. The zero-order valence-corrected chi connectivity index (χ0v) is 23.8. The number of amides is 2. The minimum Gasteiger partial charge on any atom is -0.383 e. The third kappa shape index (κ3) is 5.91. The van der Waals surface area contributed by atoms with E-state index in [0.29, 0.717) is 17.2 Å². The molecule has 1 aliphatic carbocycles. The van der Waals surface area contributed by atoms with Crippen molar-refractivity contribution in [3.8, 4) is 11.3 Å². The molecule has 42 heavy (non-hydrogen) atoms. The Labute approximate surface area is 245 Å². The molecule has 0 saturated heterocycles. The van der Waals surface area contributed by atoms with E-state index in [2.05, 4.69) is 37.4 Å². The van der Waals surface area contributed by atoms with Gasteiger partial charge in [0, 0.05) is 41.5 Å². The Morgan fingerprint density at radius 1 is 1.00 bits per heavy atom. The molecule has 9 nitrogen and oxygen atoms in total. The molecule has 3 aromatic heterocycles. The van der Waals surface area contributed by atoms with E-state index in [1.54, 1.807) is 30.5 Å². The molecule has 1 aliphatic heterocycles. The third-order valence-corrected chi connectivity index (χ3v) is 8.37. The molecule has 4 heterocycles. The lowest BCUT2D eigenvalue weighted by molar-refractivity contribution is -0.126. The van der Waals surface area contributed by atoms with Crippen molar-refractivity contribution < 1.29 is 9.59 Å². The predicted octanol–water partition coefficient (Wildman–Crippen LogP) is 5.85. The molecule has 1 fully saturated rings. The largest absolute Gasteiger partial charge is 0.383 e. The summed E-state index contributed by atoms with van der Waals surface area (Å²) < 4.78 is 2.11. The quantitative estimate of drug-likeness (QED) is 0.268. The van der Waals surface area contributed by atoms with Gasteiger partial charge in [0.05, 0.1) is 16.9 Å². The number of pyridine rings is 2. The maximum atomic E-state index is 13.1. The molecular weight excluding hydrogens is 526 g/mol. The van der Waals surface area contributed by atoms with Gasteiger partial charge in [-0.15, -0.1) is 0 Å². The molecular formula is C33H37N7O2. The van der Waals surface area contributed by atoms with E-state index in [4.69, 9.17) is 10.8 Å². The van der Waals surface area contributed by atoms with Crippen LogP contribution in [-0.2, 0) is 11.2 Å². The number of hydrogen-bond donors (Lipinski definition) is 3. The van der Waals surface area contributed by atoms with Crippen molar-refractivity contribution in [2.24, 2.45) is 5.92 Å². The highest BCUT2D eigenvalue weighted by Gasteiger charge is 2.31. The number of allylic oxidation sites excluding steroid dienone is 2. The fourth-order valence-corrected chi connectivity index (χ4v) is 6.15. The van der Waals surface area contributed by atoms with E-state index in [9.17, 15) is 9.59 Å². The van der Waals surface area contributed by atoms with E-state index in [0.717, 1.165) is 92.1 Å². The predicted molar refractivity (Wildman–Crippen MR) is 165 cm³/mol. The SMILES string of the molecule is Nc1ncc2c3c1c(-c1ccc(C(=O)Nc4ccccn4)cc1)nn3[C@@H]1CCC[C@H](C1)C(=O)NCCCCC/C=C\C2. The summed E-state index contributed by atoms with van der Waals surface area (Å²) in [5.74, 6) is 0.817. The van der Waals surface area contributed by atoms with Crippen LogP contribution in [0.2, 0.25) is 0 Å². The zero-order valence-electron chi connectivity index (χ0n) is 23.8. The van der Waals surface area contributed by atoms with Gasteiger partial charge in [-0.25, -0.2) is 9.97 Å². The maximum absolute atomic E-state index is 13.1. The van der Waals surface area contributed by atoms with E-state index >= 15 is 0 Å². The molecule has 2 amide bonds. The van der Waals surface area contributed by atoms with Crippen LogP contribution < -0.4 is 16.4 Å². The normalized spacial score (nSPS) is 20.5. The number of rotatable bonds is 3. The zero-order chi connectivity index (χ0) is 28.9. The van der Waals surface area contributed by atoms with Crippen molar-refractivity contribution in [3.05, 3.63) is 78.1 Å². The molecule has 2 aliphatic rings. The number of hydrogen-bond acceptors (Lipinski definition) is 6. The Morgan fingerprint density at radius 3 is 2.71 bits per heavy atom. The number of anilines is 2. The van der Waals surface area contributed by atoms with Crippen LogP contribution in [-0.4, -0.2) is 38.1 Å². The number of nitrogens with zero attached hydrogens (tertiary/aromatic N) is 4. The van der Waals surface area contributed by atoms with Gasteiger partial charge in [0.2, 0.25) is 5.91 Å². The number of carbonyl (C=O) groups is 2. The van der Waals surface area contributed by atoms with Crippen molar-refractivity contribution in [2.45, 2.75) is 63.8 Å². The van der Waals surface area contributed by atoms with E-state index in [1.165, 1.54) is 0 Å². The summed E-state index contributed by atoms with van der Waals surface area (Å²) in [5, 5.41) is 12.0. The molecule has 4 aromatic rings. The molecule has 2 bridgehead atoms. The van der Waals surface area contributed by atoms with Crippen LogP contribution in [0.5, 0.6) is 0 Å². The lowest BCUT2D eigenvalue weighted by atomic mass is 9.85. The first-order valence-electron chi connectivity index (χ1n) is 15.0. The van der Waals surface area contributed by atoms with Gasteiger partial charge in [-0.05, 0) is 69.2 Å². The van der Waals surface area contributed by atoms with Crippen LogP contribution in [0.1, 0.15) is 73.3 Å². The van der Waals surface area contributed by atoms with E-state index in [-0.39, 0.29) is 23.8 Å². The van der Waals surface area contributed by atoms with Gasteiger partial charge in [0.15, 0.2) is 0 Å². The van der Waals surface area contributed by atoms with Crippen LogP contribution in [0.4, 0.5) is 11.6 Å². The van der Waals surface area contributed by atoms with Gasteiger partial charge >= 0.3 is 0 Å². The van der Waals surface area contributed by atoms with Gasteiger partial charge in [-0.3, -0.25) is 14.3 Å². The van der Waals surface area contributed by atoms with Gasteiger partial charge in [-0.2, -0.15) is 5.10 Å². The Morgan fingerprint density at radius 2 is 1.88 bits per heavy atom. The summed E-state index contributed by atoms with van der Waals surface area (Å²) in [6.45, 7) is 0.737. The highest BCUT2D eigenvalue weighted by molar-refractivity contribution is 6.05. The Bertz CT molecular complexity index is 1590. The summed E-state index contributed by atoms with van der Waals surface area (Å²) in [7, 11) is 0. The molecule has 2 atom stereocenters. The lowest BCUT2D eigenvalue weighted by Crippen LogP contribution is -2.35. The molecule has 6 rings (SSSR count). The summed E-state index contributed by atoms with van der Waals surface area (Å²) in [5.41, 5.74) is 10.7. The monoisotopic (exact) mass is 563 g/mol. The number of nitrogens with two attached hydrogens (primary N) is 1. The number of nitrogen functional groups attached to an aromatic ring is 1. The second-order valence-corrected chi connectivity index (χ2v) is 11.3. The topological polar surface area (TPSA) is 128 Å². The minimum absolute atomic E-state index is 0.0289. The first-order chi connectivity index (χ1) is 20.6. The Kier molecular flexibility index (Phi) is 8.26. The van der Waals surface area contributed by atoms with Crippen molar-refractivity contribution in [1.82, 2.24) is 25.1 Å². The molecule has 216 valence electrons. The maximum Gasteiger partial charge on any atom is 0.256 e. The Balaban J connectivity index is 1.39. The fraction of sp³-hybridized carbons (Fsp3) is 0.364. The van der Waals surface area contributed by atoms with Gasteiger partial charge in [-0.1, -0.05) is 43.2 Å². The molecule has 0 radical (unpaired) electrons. The van der Waals surface area contributed by atoms with Gasteiger partial charge < -0.3 is 16.4 Å². The van der Waals surface area contributed by atoms with Crippen LogP contribution in [0.15, 0.2) is 67.0 Å². The first-order valence-corrected chi connectivity index (χ1v) is 15.0. The number of nitrogens with one attached hydrogen (secondary N) is 2. The molecule has 9 heteroatoms. The standard InChI is InChI=1S/C33H37N7O2/c34-31-28-29(22-14-16-23(17-15-22)33(42)38-27-13-6-8-18-35-27)39-40-26-12-9-11-24(20-26)32(41)36-19-7-4-2-1-3-5-10-25(21-37-31)30(28)40/h3,5-6,8,13-18,21,24,26H,1-2,4,7,9-12,19-20H2,(H2,34,37)(H,36,41)(H,35,38,42)/b5-3-/t24-,26-/m1/s1. The molecule has 4 N–H and O–H groups in total. The lowest BCUT2D eigenvalue weighted by Gasteiger charge is -2.29. The summed E-state index contributed by atoms with van der Waals surface area (Å²) in [6.07, 6.45) is 16.5. The van der Waals surface area contributed by atoms with Gasteiger partial charge in [0.25, 0.3) is 5.91 Å². The molecule has 0 unspecified atom stereocenters. The summed E-state index contributed by atoms with van der Waals surface area (Å²) in [6, 6.07) is 12.8. The van der Waals surface area contributed by atoms with E-state index in [1.807, 2.05) is 24.4 Å². The highest BCUT2D eigenvalue weighted by atomic mass is 16.2. The Hall–Kier alpha value is -4.53. The summed E-state index contributed by atoms with van der Waals surface area (Å²) >= 11 is 0. The average molecular weight is 564 g/mol. The smallest absolute Gasteiger partial charge is 0.256 e. The number of fused-ring (bicyclic) bond motifs is 3. The van der Waals surface area contributed by atoms with Crippen LogP contribution in [0.25, 0.3) is 22.2 Å². The van der Waals surface area contributed by atoms with E-state index < -0.39 is 0 Å². The van der Waals surface area contributed by atoms with Crippen molar-refractivity contribution in [3.63, 3.8) is 0 Å². The fourth-order valence-electron chi connectivity index (χ4n) is 6.15. The van der Waals surface area contributed by atoms with Gasteiger partial charge in [0.1, 0.15) is 17.3 Å². The molecule has 1 aromatic carbocycles. The van der Waals surface area contributed by atoms with Crippen LogP contribution >= 0.6 is 0 Å². The highest BCUT2D eigenvalue weighted by Crippen LogP contribution is 2.40. The second kappa shape index (κ2) is 12.5. The molecule has 0 spiro atoms. The number of carbonyl (C=O) groups excluding carboxylic acids is 2. The van der Waals surface area contributed by atoms with Crippen LogP contribution in [0, 0.1) is 5.92 Å². The molecule has 1 saturated carbocycles. The van der Waals surface area contributed by atoms with Crippen molar-refractivity contribution in [1.29, 1.82) is 0 Å². The first kappa shape index (κ1) is 27.6. The third-order valence-electron chi connectivity index (χ3n) is 8.37. The second-order valence-electron chi connectivity index (χ2n) is 11.3. The van der Waals surface area contributed by atoms with Crippen molar-refractivity contribution >= 4 is 34.4 Å². The van der Waals surface area contributed by atoms with Crippen LogP contribution in [0.3, 0.4) is 0 Å².